The Morgan fingerprint density at radius 2 is 1.74 bits per heavy atom. The highest BCUT2D eigenvalue weighted by molar-refractivity contribution is 5.99. The smallest absolute Gasteiger partial charge is 0.326 e. The summed E-state index contributed by atoms with van der Waals surface area (Å²) in [5.41, 5.74) is 0.121. The molecule has 0 radical (unpaired) electrons. The molecule has 4 rings (SSSR count). The van der Waals surface area contributed by atoms with Crippen molar-refractivity contribution in [2.45, 2.75) is 6.92 Å². The Labute approximate surface area is 172 Å². The van der Waals surface area contributed by atoms with E-state index in [1.807, 2.05) is 0 Å². The molecule has 0 spiro atoms. The molecular formula is C20H13F4N5O2. The number of nitrogens with zero attached hydrogens (tertiary/aromatic N) is 3. The summed E-state index contributed by atoms with van der Waals surface area (Å²) >= 11 is 0. The summed E-state index contributed by atoms with van der Waals surface area (Å²) in [5.74, 6) is -3.89. The number of halogens is 4. The number of fused-ring (bicyclic) bond motifs is 1. The predicted molar refractivity (Wildman–Crippen MR) is 103 cm³/mol. The number of Topliss-reactive ketones (excluding diaryl/α,β-unsaturated/α-hetero) is 1. The van der Waals surface area contributed by atoms with E-state index in [1.165, 1.54) is 13.0 Å². The first-order valence-electron chi connectivity index (χ1n) is 8.89. The fourth-order valence-corrected chi connectivity index (χ4v) is 2.82. The Balaban J connectivity index is 1.83. The molecule has 0 unspecified atom stereocenters. The zero-order valence-corrected chi connectivity index (χ0v) is 15.8. The van der Waals surface area contributed by atoms with Crippen LogP contribution in [0.15, 0.2) is 36.4 Å². The lowest BCUT2D eigenvalue weighted by molar-refractivity contribution is -0.115. The van der Waals surface area contributed by atoms with Gasteiger partial charge in [0.25, 0.3) is 0 Å². The second kappa shape index (κ2) is 8.01. The highest BCUT2D eigenvalue weighted by Crippen LogP contribution is 2.34. The first-order valence-corrected chi connectivity index (χ1v) is 8.89. The predicted octanol–water partition coefficient (Wildman–Crippen LogP) is 4.37. The summed E-state index contributed by atoms with van der Waals surface area (Å²) in [6, 6.07) is 5.33. The number of carbonyl (C=O) groups is 1. The van der Waals surface area contributed by atoms with E-state index in [9.17, 15) is 22.4 Å². The third-order valence-electron chi connectivity index (χ3n) is 4.19. The number of aromatic nitrogens is 4. The SMILES string of the molecule is CC(=O)CNc1nc(Oc2ccc(F)cc2F)nc2[nH]nc(-c3ccc(F)cc3F)c12. The molecule has 0 fully saturated rings. The molecule has 31 heavy (non-hydrogen) atoms. The van der Waals surface area contributed by atoms with Crippen molar-refractivity contribution in [3.05, 3.63) is 59.7 Å². The maximum absolute atomic E-state index is 14.3. The van der Waals surface area contributed by atoms with Gasteiger partial charge in [-0.15, -0.1) is 0 Å². The van der Waals surface area contributed by atoms with Crippen molar-refractivity contribution in [1.82, 2.24) is 20.2 Å². The Kier molecular flexibility index (Phi) is 5.24. The number of H-pyrrole nitrogens is 1. The van der Waals surface area contributed by atoms with Crippen LogP contribution < -0.4 is 10.1 Å². The number of rotatable bonds is 6. The quantitative estimate of drug-likeness (QED) is 0.441. The minimum Gasteiger partial charge on any atom is -0.421 e. The summed E-state index contributed by atoms with van der Waals surface area (Å²) < 4.78 is 60.0. The van der Waals surface area contributed by atoms with Gasteiger partial charge in [-0.2, -0.15) is 15.1 Å². The molecule has 2 N–H and O–H groups in total. The molecule has 0 bridgehead atoms. The van der Waals surface area contributed by atoms with Crippen molar-refractivity contribution in [3.63, 3.8) is 0 Å². The van der Waals surface area contributed by atoms with Crippen LogP contribution in [0.3, 0.4) is 0 Å². The lowest BCUT2D eigenvalue weighted by atomic mass is 10.1. The Hall–Kier alpha value is -4.02. The topological polar surface area (TPSA) is 92.8 Å². The largest absolute Gasteiger partial charge is 0.421 e. The number of nitrogens with one attached hydrogen (secondary N) is 2. The van der Waals surface area contributed by atoms with E-state index in [0.29, 0.717) is 12.1 Å². The van der Waals surface area contributed by atoms with E-state index < -0.39 is 23.3 Å². The van der Waals surface area contributed by atoms with Crippen LogP contribution >= 0.6 is 0 Å². The number of aromatic amines is 1. The number of hydrogen-bond donors (Lipinski definition) is 2. The zero-order chi connectivity index (χ0) is 22.1. The van der Waals surface area contributed by atoms with E-state index >= 15 is 0 Å². The molecule has 0 atom stereocenters. The van der Waals surface area contributed by atoms with Crippen molar-refractivity contribution >= 4 is 22.6 Å². The molecule has 4 aromatic rings. The molecule has 2 aromatic carbocycles. The van der Waals surface area contributed by atoms with Crippen LogP contribution in [-0.4, -0.2) is 32.5 Å². The van der Waals surface area contributed by atoms with Crippen LogP contribution in [0.25, 0.3) is 22.3 Å². The second-order valence-electron chi connectivity index (χ2n) is 6.51. The summed E-state index contributed by atoms with van der Waals surface area (Å²) in [5, 5.41) is 9.59. The molecule has 0 aliphatic heterocycles. The van der Waals surface area contributed by atoms with Crippen LogP contribution in [0.4, 0.5) is 23.4 Å². The molecule has 7 nitrogen and oxygen atoms in total. The van der Waals surface area contributed by atoms with E-state index in [1.54, 1.807) is 0 Å². The van der Waals surface area contributed by atoms with Gasteiger partial charge >= 0.3 is 6.01 Å². The lowest BCUT2D eigenvalue weighted by Crippen LogP contribution is -2.12. The van der Waals surface area contributed by atoms with Gasteiger partial charge in [-0.05, 0) is 31.2 Å². The zero-order valence-electron chi connectivity index (χ0n) is 15.8. The number of carbonyl (C=O) groups excluding carboxylic acids is 1. The van der Waals surface area contributed by atoms with Crippen LogP contribution in [0.1, 0.15) is 6.92 Å². The number of ketones is 1. The van der Waals surface area contributed by atoms with Crippen molar-refractivity contribution in [1.29, 1.82) is 0 Å². The molecular weight excluding hydrogens is 418 g/mol. The van der Waals surface area contributed by atoms with E-state index in [-0.39, 0.29) is 52.2 Å². The third-order valence-corrected chi connectivity index (χ3v) is 4.19. The van der Waals surface area contributed by atoms with Crippen molar-refractivity contribution in [2.75, 3.05) is 11.9 Å². The number of anilines is 1. The van der Waals surface area contributed by atoms with E-state index in [4.69, 9.17) is 4.74 Å². The fourth-order valence-electron chi connectivity index (χ4n) is 2.82. The second-order valence-corrected chi connectivity index (χ2v) is 6.51. The Morgan fingerprint density at radius 1 is 1.03 bits per heavy atom. The first-order chi connectivity index (χ1) is 14.8. The normalized spacial score (nSPS) is 11.0. The van der Waals surface area contributed by atoms with E-state index in [0.717, 1.165) is 18.2 Å². The standard InChI is InChI=1S/C20H13F4N5O2/c1-9(30)8-25-18-16-17(12-4-2-10(21)6-13(12)23)28-29-19(16)27-20(26-18)31-15-5-3-11(22)7-14(15)24/h2-7H,8H2,1H3,(H2,25,26,27,28,29). The highest BCUT2D eigenvalue weighted by Gasteiger charge is 2.21. The first kappa shape index (κ1) is 20.3. The van der Waals surface area contributed by atoms with Gasteiger partial charge in [0.05, 0.1) is 11.9 Å². The maximum atomic E-state index is 14.3. The van der Waals surface area contributed by atoms with Crippen LogP contribution in [0.2, 0.25) is 0 Å². The van der Waals surface area contributed by atoms with Gasteiger partial charge in [-0.25, -0.2) is 17.6 Å². The average molecular weight is 431 g/mol. The number of benzene rings is 2. The van der Waals surface area contributed by atoms with Gasteiger partial charge in [0.15, 0.2) is 17.2 Å². The molecule has 11 heteroatoms. The van der Waals surface area contributed by atoms with Gasteiger partial charge in [-0.1, -0.05) is 0 Å². The van der Waals surface area contributed by atoms with Gasteiger partial charge in [0.2, 0.25) is 0 Å². The molecule has 158 valence electrons. The Bertz CT molecular complexity index is 1310. The third kappa shape index (κ3) is 4.15. The molecule has 0 saturated heterocycles. The minimum absolute atomic E-state index is 0.0274. The molecule has 0 aliphatic carbocycles. The highest BCUT2D eigenvalue weighted by atomic mass is 19.1. The summed E-state index contributed by atoms with van der Waals surface area (Å²) in [7, 11) is 0. The summed E-state index contributed by atoms with van der Waals surface area (Å²) in [6.07, 6.45) is 0. The monoisotopic (exact) mass is 431 g/mol. The lowest BCUT2D eigenvalue weighted by Gasteiger charge is -2.10. The van der Waals surface area contributed by atoms with Crippen LogP contribution in [0.5, 0.6) is 11.8 Å². The van der Waals surface area contributed by atoms with Crippen LogP contribution in [-0.2, 0) is 4.79 Å². The van der Waals surface area contributed by atoms with Crippen molar-refractivity contribution < 1.29 is 27.1 Å². The maximum Gasteiger partial charge on any atom is 0.326 e. The summed E-state index contributed by atoms with van der Waals surface area (Å²) in [6.45, 7) is 1.21. The minimum atomic E-state index is -0.972. The summed E-state index contributed by atoms with van der Waals surface area (Å²) in [4.78, 5) is 19.6. The van der Waals surface area contributed by atoms with Gasteiger partial charge in [0.1, 0.15) is 34.7 Å². The van der Waals surface area contributed by atoms with Crippen LogP contribution in [0, 0.1) is 23.3 Å². The fraction of sp³-hybridized carbons (Fsp3) is 0.100. The molecule has 2 aromatic heterocycles. The average Bonchev–Trinajstić information content (AvgIpc) is 3.12. The number of ether oxygens (including phenoxy) is 1. The van der Waals surface area contributed by atoms with Crippen molar-refractivity contribution in [3.8, 4) is 23.0 Å². The van der Waals surface area contributed by atoms with Gasteiger partial charge in [-0.3, -0.25) is 9.89 Å². The molecule has 2 heterocycles. The molecule has 0 saturated carbocycles. The molecule has 0 aliphatic rings. The Morgan fingerprint density at radius 3 is 2.42 bits per heavy atom. The van der Waals surface area contributed by atoms with E-state index in [2.05, 4.69) is 25.5 Å². The van der Waals surface area contributed by atoms with Crippen molar-refractivity contribution in [2.24, 2.45) is 0 Å². The van der Waals surface area contributed by atoms with Gasteiger partial charge in [0, 0.05) is 17.7 Å². The number of hydrogen-bond acceptors (Lipinski definition) is 6. The molecule has 0 amide bonds. The van der Waals surface area contributed by atoms with Gasteiger partial charge < -0.3 is 10.1 Å².